The summed E-state index contributed by atoms with van der Waals surface area (Å²) in [5.41, 5.74) is 2.31. The number of aryl methyl sites for hydroxylation is 1. The highest BCUT2D eigenvalue weighted by Crippen LogP contribution is 2.30. The van der Waals surface area contributed by atoms with Gasteiger partial charge < -0.3 is 9.64 Å². The Labute approximate surface area is 181 Å². The normalized spacial score (nSPS) is 15.9. The number of carbonyl (C=O) groups excluding carboxylic acids is 1. The molecule has 1 aromatic heterocycles. The molecule has 2 heterocycles. The number of aromatic nitrogens is 2. The standard InChI is InChI=1S/C25H27N3O3/c1-31-20-11-6-17(7-12-20)16-28(19-9-10-19)24(29)18-8-13-21-22(15-18)26-23-5-3-2-4-14-27(23)25(21)30/h6-8,11-13,15,19H,2-5,9-10,14,16H2,1H3. The van der Waals surface area contributed by atoms with Crippen molar-refractivity contribution in [3.8, 4) is 5.75 Å². The number of rotatable bonds is 5. The summed E-state index contributed by atoms with van der Waals surface area (Å²) >= 11 is 0. The Morgan fingerprint density at radius 3 is 2.68 bits per heavy atom. The van der Waals surface area contributed by atoms with Gasteiger partial charge in [0.2, 0.25) is 0 Å². The molecule has 0 spiro atoms. The van der Waals surface area contributed by atoms with Gasteiger partial charge >= 0.3 is 0 Å². The summed E-state index contributed by atoms with van der Waals surface area (Å²) in [7, 11) is 1.65. The number of hydrogen-bond donors (Lipinski definition) is 0. The Balaban J connectivity index is 1.46. The molecule has 0 unspecified atom stereocenters. The molecule has 3 aromatic rings. The number of carbonyl (C=O) groups is 1. The van der Waals surface area contributed by atoms with Gasteiger partial charge in [-0.15, -0.1) is 0 Å². The van der Waals surface area contributed by atoms with Gasteiger partial charge in [0.05, 0.1) is 18.0 Å². The maximum absolute atomic E-state index is 13.4. The summed E-state index contributed by atoms with van der Waals surface area (Å²) in [6, 6.07) is 13.5. The average molecular weight is 418 g/mol. The molecule has 6 nitrogen and oxygen atoms in total. The number of methoxy groups -OCH3 is 1. The lowest BCUT2D eigenvalue weighted by molar-refractivity contribution is 0.0730. The average Bonchev–Trinajstić information content (AvgIpc) is 3.65. The number of benzene rings is 2. The van der Waals surface area contributed by atoms with Gasteiger partial charge in [-0.05, 0) is 61.6 Å². The Hall–Kier alpha value is -3.15. The van der Waals surface area contributed by atoms with Crippen LogP contribution in [0.15, 0.2) is 47.3 Å². The highest BCUT2D eigenvalue weighted by molar-refractivity contribution is 5.98. The molecule has 31 heavy (non-hydrogen) atoms. The van der Waals surface area contributed by atoms with Gasteiger partial charge in [0.15, 0.2) is 0 Å². The van der Waals surface area contributed by atoms with Crippen molar-refractivity contribution in [1.82, 2.24) is 14.5 Å². The van der Waals surface area contributed by atoms with Gasteiger partial charge in [0.1, 0.15) is 11.6 Å². The van der Waals surface area contributed by atoms with Crippen LogP contribution in [0.1, 0.15) is 53.8 Å². The molecule has 1 fully saturated rings. The number of nitrogens with zero attached hydrogens (tertiary/aromatic N) is 3. The highest BCUT2D eigenvalue weighted by atomic mass is 16.5. The van der Waals surface area contributed by atoms with Crippen molar-refractivity contribution in [3.63, 3.8) is 0 Å². The first-order chi connectivity index (χ1) is 15.1. The predicted molar refractivity (Wildman–Crippen MR) is 119 cm³/mol. The van der Waals surface area contributed by atoms with Crippen LogP contribution in [0.3, 0.4) is 0 Å². The maximum Gasteiger partial charge on any atom is 0.261 e. The molecule has 1 aliphatic carbocycles. The van der Waals surface area contributed by atoms with E-state index in [9.17, 15) is 9.59 Å². The summed E-state index contributed by atoms with van der Waals surface area (Å²) in [6.45, 7) is 1.29. The largest absolute Gasteiger partial charge is 0.497 e. The van der Waals surface area contributed by atoms with Crippen LogP contribution in [0.2, 0.25) is 0 Å². The minimum atomic E-state index is -0.00272. The molecule has 1 amide bonds. The Kier molecular flexibility index (Phi) is 5.22. The lowest BCUT2D eigenvalue weighted by Gasteiger charge is -2.23. The van der Waals surface area contributed by atoms with Crippen LogP contribution >= 0.6 is 0 Å². The molecule has 0 atom stereocenters. The predicted octanol–water partition coefficient (Wildman–Crippen LogP) is 3.94. The summed E-state index contributed by atoms with van der Waals surface area (Å²) in [4.78, 5) is 33.1. The quantitative estimate of drug-likeness (QED) is 0.631. The fourth-order valence-corrected chi connectivity index (χ4v) is 4.40. The summed E-state index contributed by atoms with van der Waals surface area (Å²) < 4.78 is 7.05. The molecule has 0 bridgehead atoms. The first-order valence-corrected chi connectivity index (χ1v) is 11.1. The van der Waals surface area contributed by atoms with E-state index in [0.717, 1.165) is 62.2 Å². The second kappa shape index (κ2) is 8.17. The monoisotopic (exact) mass is 417 g/mol. The van der Waals surface area contributed by atoms with E-state index >= 15 is 0 Å². The zero-order valence-electron chi connectivity index (χ0n) is 17.8. The molecule has 5 rings (SSSR count). The zero-order chi connectivity index (χ0) is 21.4. The van der Waals surface area contributed by atoms with Gasteiger partial charge in [-0.25, -0.2) is 4.98 Å². The topological polar surface area (TPSA) is 64.4 Å². The Morgan fingerprint density at radius 1 is 1.13 bits per heavy atom. The fraction of sp³-hybridized carbons (Fsp3) is 0.400. The first-order valence-electron chi connectivity index (χ1n) is 11.1. The van der Waals surface area contributed by atoms with Crippen molar-refractivity contribution in [2.45, 2.75) is 57.7 Å². The van der Waals surface area contributed by atoms with E-state index in [4.69, 9.17) is 9.72 Å². The van der Waals surface area contributed by atoms with E-state index in [1.807, 2.05) is 33.7 Å². The number of amides is 1. The van der Waals surface area contributed by atoms with E-state index in [1.54, 1.807) is 25.3 Å². The molecule has 0 radical (unpaired) electrons. The smallest absolute Gasteiger partial charge is 0.261 e. The molecular weight excluding hydrogens is 390 g/mol. The van der Waals surface area contributed by atoms with Crippen LogP contribution in [-0.2, 0) is 19.5 Å². The van der Waals surface area contributed by atoms with Crippen LogP contribution in [0.5, 0.6) is 5.75 Å². The van der Waals surface area contributed by atoms with Crippen molar-refractivity contribution >= 4 is 16.8 Å². The SMILES string of the molecule is COc1ccc(CN(C(=O)c2ccc3c(=O)n4c(nc3c2)CCCCC4)C2CC2)cc1. The number of ether oxygens (including phenoxy) is 1. The van der Waals surface area contributed by atoms with Gasteiger partial charge in [-0.2, -0.15) is 0 Å². The zero-order valence-corrected chi connectivity index (χ0v) is 17.8. The third-order valence-corrected chi connectivity index (χ3v) is 6.32. The molecule has 0 N–H and O–H groups in total. The van der Waals surface area contributed by atoms with E-state index < -0.39 is 0 Å². The molecule has 1 saturated carbocycles. The van der Waals surface area contributed by atoms with Crippen LogP contribution in [0.4, 0.5) is 0 Å². The van der Waals surface area contributed by atoms with E-state index in [1.165, 1.54) is 0 Å². The second-order valence-electron chi connectivity index (χ2n) is 8.54. The van der Waals surface area contributed by atoms with Gasteiger partial charge in [0, 0.05) is 31.1 Å². The van der Waals surface area contributed by atoms with Crippen LogP contribution in [-0.4, -0.2) is 33.5 Å². The van der Waals surface area contributed by atoms with Crippen molar-refractivity contribution in [2.24, 2.45) is 0 Å². The fourth-order valence-electron chi connectivity index (χ4n) is 4.40. The molecular formula is C25H27N3O3. The lowest BCUT2D eigenvalue weighted by atomic mass is 10.1. The number of fused-ring (bicyclic) bond motifs is 2. The first kappa shape index (κ1) is 19.8. The van der Waals surface area contributed by atoms with Gasteiger partial charge in [0.25, 0.3) is 11.5 Å². The molecule has 6 heteroatoms. The van der Waals surface area contributed by atoms with Crippen molar-refractivity contribution in [1.29, 1.82) is 0 Å². The van der Waals surface area contributed by atoms with Crippen molar-refractivity contribution in [3.05, 3.63) is 69.8 Å². The summed E-state index contributed by atoms with van der Waals surface area (Å²) in [6.07, 6.45) is 6.05. The van der Waals surface area contributed by atoms with E-state index in [0.29, 0.717) is 23.0 Å². The van der Waals surface area contributed by atoms with Crippen LogP contribution in [0, 0.1) is 0 Å². The van der Waals surface area contributed by atoms with Gasteiger partial charge in [-0.3, -0.25) is 14.2 Å². The summed E-state index contributed by atoms with van der Waals surface area (Å²) in [5.74, 6) is 1.65. The number of hydrogen-bond acceptors (Lipinski definition) is 4. The van der Waals surface area contributed by atoms with Crippen LogP contribution in [0.25, 0.3) is 10.9 Å². The molecule has 1 aliphatic heterocycles. The minimum absolute atomic E-state index is 0.00272. The lowest BCUT2D eigenvalue weighted by Crippen LogP contribution is -2.32. The van der Waals surface area contributed by atoms with Crippen molar-refractivity contribution in [2.75, 3.05) is 7.11 Å². The van der Waals surface area contributed by atoms with Crippen LogP contribution < -0.4 is 10.3 Å². The molecule has 2 aliphatic rings. The van der Waals surface area contributed by atoms with Crippen molar-refractivity contribution < 1.29 is 9.53 Å². The third-order valence-electron chi connectivity index (χ3n) is 6.32. The Bertz CT molecular complexity index is 1180. The summed E-state index contributed by atoms with van der Waals surface area (Å²) in [5, 5.41) is 0.593. The third kappa shape index (κ3) is 3.94. The molecule has 2 aromatic carbocycles. The highest BCUT2D eigenvalue weighted by Gasteiger charge is 2.33. The van der Waals surface area contributed by atoms with Gasteiger partial charge in [-0.1, -0.05) is 18.6 Å². The second-order valence-corrected chi connectivity index (χ2v) is 8.54. The molecule has 0 saturated heterocycles. The maximum atomic E-state index is 13.4. The van der Waals surface area contributed by atoms with E-state index in [-0.39, 0.29) is 17.5 Å². The molecule has 160 valence electrons. The Morgan fingerprint density at radius 2 is 1.94 bits per heavy atom. The minimum Gasteiger partial charge on any atom is -0.497 e. The van der Waals surface area contributed by atoms with E-state index in [2.05, 4.69) is 0 Å².